The SMILES string of the molecule is CCCC(Nc1nc(Cl)nc(Cl)n1)C1CC(C)(C)N(OC(C)=O)C(C)(C)C1. The predicted octanol–water partition coefficient (Wildman–Crippen LogP) is 4.51. The van der Waals surface area contributed by atoms with E-state index in [1.54, 1.807) is 0 Å². The lowest BCUT2D eigenvalue weighted by atomic mass is 9.71. The molecule has 1 aromatic rings. The molecule has 9 heteroatoms. The van der Waals surface area contributed by atoms with E-state index < -0.39 is 0 Å². The van der Waals surface area contributed by atoms with Crippen molar-refractivity contribution in [3.8, 4) is 0 Å². The van der Waals surface area contributed by atoms with Gasteiger partial charge in [-0.3, -0.25) is 4.79 Å². The van der Waals surface area contributed by atoms with Gasteiger partial charge in [0.05, 0.1) is 11.1 Å². The minimum Gasteiger partial charge on any atom is -0.367 e. The molecule has 0 bridgehead atoms. The zero-order valence-corrected chi connectivity index (χ0v) is 18.4. The quantitative estimate of drug-likeness (QED) is 0.728. The van der Waals surface area contributed by atoms with Crippen molar-refractivity contribution in [2.24, 2.45) is 5.92 Å². The van der Waals surface area contributed by atoms with Gasteiger partial charge in [0.2, 0.25) is 16.5 Å². The molecule has 1 aliphatic heterocycles. The van der Waals surface area contributed by atoms with Gasteiger partial charge in [-0.1, -0.05) is 13.3 Å². The second-order valence-electron chi connectivity index (χ2n) is 8.41. The van der Waals surface area contributed by atoms with Crippen molar-refractivity contribution in [2.75, 3.05) is 5.32 Å². The van der Waals surface area contributed by atoms with Crippen LogP contribution in [0.4, 0.5) is 5.95 Å². The van der Waals surface area contributed by atoms with Crippen molar-refractivity contribution in [3.05, 3.63) is 10.6 Å². The number of halogens is 2. The van der Waals surface area contributed by atoms with Gasteiger partial charge in [-0.05, 0) is 76.1 Å². The number of hydrogen-bond acceptors (Lipinski definition) is 7. The van der Waals surface area contributed by atoms with Crippen molar-refractivity contribution < 1.29 is 9.63 Å². The van der Waals surface area contributed by atoms with Crippen molar-refractivity contribution in [2.45, 2.75) is 84.3 Å². The summed E-state index contributed by atoms with van der Waals surface area (Å²) >= 11 is 11.8. The number of nitrogens with one attached hydrogen (secondary N) is 1. The Bertz CT molecular complexity index is 645. The van der Waals surface area contributed by atoms with E-state index in [1.807, 2.05) is 5.06 Å². The number of carbonyl (C=O) groups is 1. The zero-order valence-electron chi connectivity index (χ0n) is 16.8. The van der Waals surface area contributed by atoms with Gasteiger partial charge in [-0.25, -0.2) is 0 Å². The number of hydroxylamine groups is 2. The fourth-order valence-corrected chi connectivity index (χ4v) is 4.66. The Kier molecular flexibility index (Phi) is 6.92. The van der Waals surface area contributed by atoms with Gasteiger partial charge < -0.3 is 10.2 Å². The predicted molar refractivity (Wildman–Crippen MR) is 107 cm³/mol. The third kappa shape index (κ3) is 5.65. The number of piperidine rings is 1. The van der Waals surface area contributed by atoms with Crippen LogP contribution in [0.2, 0.25) is 10.6 Å². The Hall–Kier alpha value is -1.18. The molecule has 1 saturated heterocycles. The largest absolute Gasteiger partial charge is 0.367 e. The third-order valence-corrected chi connectivity index (χ3v) is 5.24. The first-order chi connectivity index (χ1) is 12.4. The number of aromatic nitrogens is 3. The summed E-state index contributed by atoms with van der Waals surface area (Å²) in [6.07, 6.45) is 3.67. The van der Waals surface area contributed by atoms with Crippen LogP contribution in [0.3, 0.4) is 0 Å². The molecule has 27 heavy (non-hydrogen) atoms. The van der Waals surface area contributed by atoms with Crippen molar-refractivity contribution in [1.29, 1.82) is 0 Å². The van der Waals surface area contributed by atoms with E-state index in [9.17, 15) is 4.79 Å². The fraction of sp³-hybridized carbons (Fsp3) is 0.778. The molecule has 0 spiro atoms. The highest BCUT2D eigenvalue weighted by Crippen LogP contribution is 2.43. The number of nitrogens with zero attached hydrogens (tertiary/aromatic N) is 4. The van der Waals surface area contributed by atoms with Crippen molar-refractivity contribution in [3.63, 3.8) is 0 Å². The highest BCUT2D eigenvalue weighted by atomic mass is 35.5. The normalized spacial score (nSPS) is 20.9. The molecular weight excluding hydrogens is 389 g/mol. The molecule has 2 rings (SSSR count). The zero-order chi connectivity index (χ0) is 20.4. The maximum Gasteiger partial charge on any atom is 0.322 e. The number of hydrogen-bond donors (Lipinski definition) is 1. The topological polar surface area (TPSA) is 80.2 Å². The first-order valence-electron chi connectivity index (χ1n) is 9.27. The average Bonchev–Trinajstić information content (AvgIpc) is 2.48. The maximum atomic E-state index is 11.6. The van der Waals surface area contributed by atoms with Crippen LogP contribution < -0.4 is 5.32 Å². The highest BCUT2D eigenvalue weighted by Gasteiger charge is 2.49. The Labute approximate surface area is 171 Å². The van der Waals surface area contributed by atoms with E-state index in [0.717, 1.165) is 25.7 Å². The number of rotatable bonds is 6. The molecule has 1 atom stereocenters. The van der Waals surface area contributed by atoms with E-state index in [2.05, 4.69) is 54.9 Å². The summed E-state index contributed by atoms with van der Waals surface area (Å²) < 4.78 is 0. The van der Waals surface area contributed by atoms with E-state index in [1.165, 1.54) is 6.92 Å². The van der Waals surface area contributed by atoms with Crippen LogP contribution in [-0.4, -0.2) is 43.1 Å². The Morgan fingerprint density at radius 1 is 1.19 bits per heavy atom. The smallest absolute Gasteiger partial charge is 0.322 e. The standard InChI is InChI=1S/C18H29Cl2N5O2/c1-7-8-13(21-16-23-14(19)22-15(20)24-16)12-9-17(3,4)25(27-11(2)26)18(5,6)10-12/h12-13H,7-10H2,1-6H3,(H,21,22,23,24). The molecule has 0 saturated carbocycles. The summed E-state index contributed by atoms with van der Waals surface area (Å²) in [5, 5.41) is 5.39. The molecule has 2 heterocycles. The van der Waals surface area contributed by atoms with E-state index >= 15 is 0 Å². The Morgan fingerprint density at radius 2 is 1.70 bits per heavy atom. The van der Waals surface area contributed by atoms with Crippen LogP contribution >= 0.6 is 23.2 Å². The average molecular weight is 418 g/mol. The molecule has 7 nitrogen and oxygen atoms in total. The van der Waals surface area contributed by atoms with E-state index in [-0.39, 0.29) is 33.7 Å². The summed E-state index contributed by atoms with van der Waals surface area (Å²) in [7, 11) is 0. The van der Waals surface area contributed by atoms with Crippen molar-refractivity contribution >= 4 is 35.1 Å². The monoisotopic (exact) mass is 417 g/mol. The number of carbonyl (C=O) groups excluding carboxylic acids is 1. The second-order valence-corrected chi connectivity index (χ2v) is 9.08. The van der Waals surface area contributed by atoms with Gasteiger partial charge in [0.15, 0.2) is 0 Å². The second kappa shape index (κ2) is 8.45. The maximum absolute atomic E-state index is 11.6. The van der Waals surface area contributed by atoms with Gasteiger partial charge in [-0.15, -0.1) is 5.06 Å². The highest BCUT2D eigenvalue weighted by molar-refractivity contribution is 6.31. The minimum atomic E-state index is -0.305. The molecule has 1 aromatic heterocycles. The third-order valence-electron chi connectivity index (χ3n) is 4.91. The molecule has 0 amide bonds. The molecule has 0 aromatic carbocycles. The van der Waals surface area contributed by atoms with Gasteiger partial charge in [0.1, 0.15) is 0 Å². The summed E-state index contributed by atoms with van der Waals surface area (Å²) in [5.41, 5.74) is -0.611. The van der Waals surface area contributed by atoms with Crippen LogP contribution in [-0.2, 0) is 9.63 Å². The molecule has 1 unspecified atom stereocenters. The number of anilines is 1. The van der Waals surface area contributed by atoms with Gasteiger partial charge in [-0.2, -0.15) is 15.0 Å². The molecular formula is C18H29Cl2N5O2. The summed E-state index contributed by atoms with van der Waals surface area (Å²) in [6.45, 7) is 12.0. The molecule has 0 radical (unpaired) electrons. The first kappa shape index (κ1) is 22.1. The van der Waals surface area contributed by atoms with Crippen LogP contribution in [0.5, 0.6) is 0 Å². The molecule has 1 fully saturated rings. The van der Waals surface area contributed by atoms with Crippen LogP contribution in [0.1, 0.15) is 67.2 Å². The molecule has 1 N–H and O–H groups in total. The lowest BCUT2D eigenvalue weighted by molar-refractivity contribution is -0.271. The summed E-state index contributed by atoms with van der Waals surface area (Å²) in [6, 6.07) is 0.141. The molecule has 152 valence electrons. The Balaban J connectivity index is 2.25. The van der Waals surface area contributed by atoms with Gasteiger partial charge >= 0.3 is 5.97 Å². The van der Waals surface area contributed by atoms with Crippen LogP contribution in [0.15, 0.2) is 0 Å². The fourth-order valence-electron chi connectivity index (χ4n) is 4.29. The summed E-state index contributed by atoms with van der Waals surface area (Å²) in [5.74, 6) is 0.417. The van der Waals surface area contributed by atoms with E-state index in [0.29, 0.717) is 11.9 Å². The van der Waals surface area contributed by atoms with Gasteiger partial charge in [0, 0.05) is 13.0 Å². The van der Waals surface area contributed by atoms with Crippen LogP contribution in [0.25, 0.3) is 0 Å². The lowest BCUT2D eigenvalue weighted by Crippen LogP contribution is -2.62. The minimum absolute atomic E-state index is 0.0677. The van der Waals surface area contributed by atoms with Crippen molar-refractivity contribution in [1.82, 2.24) is 20.0 Å². The Morgan fingerprint density at radius 3 is 2.15 bits per heavy atom. The molecule has 1 aliphatic rings. The van der Waals surface area contributed by atoms with Gasteiger partial charge in [0.25, 0.3) is 0 Å². The molecule has 0 aliphatic carbocycles. The van der Waals surface area contributed by atoms with Crippen LogP contribution in [0, 0.1) is 5.92 Å². The van der Waals surface area contributed by atoms with E-state index in [4.69, 9.17) is 28.0 Å². The lowest BCUT2D eigenvalue weighted by Gasteiger charge is -2.54. The first-order valence-corrected chi connectivity index (χ1v) is 10.0. The summed E-state index contributed by atoms with van der Waals surface area (Å²) in [4.78, 5) is 29.2.